The van der Waals surface area contributed by atoms with Gasteiger partial charge in [-0.1, -0.05) is 6.92 Å². The first-order chi connectivity index (χ1) is 14.1. The lowest BCUT2D eigenvalue weighted by molar-refractivity contribution is -0.141. The molecular weight excluding hydrogens is 409 g/mol. The van der Waals surface area contributed by atoms with E-state index in [0.717, 1.165) is 12.4 Å². The van der Waals surface area contributed by atoms with Gasteiger partial charge < -0.3 is 10.6 Å². The Kier molecular flexibility index (Phi) is 4.83. The van der Waals surface area contributed by atoms with Crippen molar-refractivity contribution in [2.24, 2.45) is 17.6 Å². The lowest BCUT2D eigenvalue weighted by Gasteiger charge is -2.42. The standard InChI is InChI=1S/C18H18F5N7/c1-10-7-29(8-11(4-24)17(10,19)20)14-2-3-25-16(28-14)12-5-27-15-6-26-13(9-30(12)15)18(21,22)23/h2-3,5-6,9-11H,4,7-8,24H2,1H3. The van der Waals surface area contributed by atoms with Crippen LogP contribution in [0.25, 0.3) is 17.2 Å². The first kappa shape index (κ1) is 20.4. The molecule has 1 saturated heterocycles. The third-order valence-electron chi connectivity index (χ3n) is 5.30. The van der Waals surface area contributed by atoms with Gasteiger partial charge in [-0.2, -0.15) is 13.2 Å². The maximum absolute atomic E-state index is 14.3. The highest BCUT2D eigenvalue weighted by Crippen LogP contribution is 2.38. The van der Waals surface area contributed by atoms with Crippen LogP contribution in [0.4, 0.5) is 27.8 Å². The molecule has 2 unspecified atom stereocenters. The van der Waals surface area contributed by atoms with Gasteiger partial charge in [0.2, 0.25) is 0 Å². The lowest BCUT2D eigenvalue weighted by Crippen LogP contribution is -2.55. The van der Waals surface area contributed by atoms with Gasteiger partial charge in [-0.15, -0.1) is 0 Å². The van der Waals surface area contributed by atoms with Gasteiger partial charge in [0.25, 0.3) is 5.92 Å². The summed E-state index contributed by atoms with van der Waals surface area (Å²) in [6.45, 7) is 1.36. The van der Waals surface area contributed by atoms with Crippen molar-refractivity contribution >= 4 is 11.5 Å². The lowest BCUT2D eigenvalue weighted by atomic mass is 9.86. The van der Waals surface area contributed by atoms with E-state index in [4.69, 9.17) is 5.73 Å². The molecule has 7 nitrogen and oxygen atoms in total. The van der Waals surface area contributed by atoms with Crippen LogP contribution in [-0.2, 0) is 6.18 Å². The number of imidazole rings is 1. The predicted octanol–water partition coefficient (Wildman–Crippen LogP) is 2.87. The molecule has 2 N–H and O–H groups in total. The Morgan fingerprint density at radius 1 is 1.17 bits per heavy atom. The molecule has 30 heavy (non-hydrogen) atoms. The smallest absolute Gasteiger partial charge is 0.355 e. The highest BCUT2D eigenvalue weighted by Gasteiger charge is 2.49. The minimum Gasteiger partial charge on any atom is -0.355 e. The first-order valence-corrected chi connectivity index (χ1v) is 9.17. The zero-order valence-corrected chi connectivity index (χ0v) is 15.8. The predicted molar refractivity (Wildman–Crippen MR) is 97.9 cm³/mol. The van der Waals surface area contributed by atoms with Crippen LogP contribution in [0.5, 0.6) is 0 Å². The summed E-state index contributed by atoms with van der Waals surface area (Å²) in [5.74, 6) is -4.34. The molecule has 2 atom stereocenters. The van der Waals surface area contributed by atoms with Crippen LogP contribution < -0.4 is 10.6 Å². The molecule has 4 rings (SSSR count). The fourth-order valence-corrected chi connectivity index (χ4v) is 3.59. The largest absolute Gasteiger partial charge is 0.434 e. The van der Waals surface area contributed by atoms with Crippen LogP contribution in [0, 0.1) is 11.8 Å². The van der Waals surface area contributed by atoms with Crippen LogP contribution in [-0.4, -0.2) is 49.9 Å². The average molecular weight is 427 g/mol. The van der Waals surface area contributed by atoms with E-state index in [-0.39, 0.29) is 36.8 Å². The Labute approximate surface area is 167 Å². The molecule has 0 aliphatic carbocycles. The average Bonchev–Trinajstić information content (AvgIpc) is 3.12. The van der Waals surface area contributed by atoms with Crippen LogP contribution in [0.1, 0.15) is 12.6 Å². The second-order valence-corrected chi connectivity index (χ2v) is 7.29. The molecule has 1 aliphatic heterocycles. The second kappa shape index (κ2) is 7.11. The van der Waals surface area contributed by atoms with E-state index >= 15 is 0 Å². The maximum atomic E-state index is 14.3. The molecule has 160 valence electrons. The fraction of sp³-hybridized carbons (Fsp3) is 0.444. The van der Waals surface area contributed by atoms with Crippen molar-refractivity contribution in [3.63, 3.8) is 0 Å². The molecule has 4 heterocycles. The van der Waals surface area contributed by atoms with E-state index < -0.39 is 29.6 Å². The van der Waals surface area contributed by atoms with Gasteiger partial charge in [-0.25, -0.2) is 28.7 Å². The third kappa shape index (κ3) is 3.44. The number of nitrogens with two attached hydrogens (primary N) is 1. The van der Waals surface area contributed by atoms with Gasteiger partial charge >= 0.3 is 6.18 Å². The summed E-state index contributed by atoms with van der Waals surface area (Å²) in [4.78, 5) is 17.6. The van der Waals surface area contributed by atoms with E-state index in [1.54, 1.807) is 11.0 Å². The van der Waals surface area contributed by atoms with E-state index in [1.165, 1.54) is 23.7 Å². The van der Waals surface area contributed by atoms with E-state index in [2.05, 4.69) is 19.9 Å². The normalized spacial score (nSPS) is 21.9. The number of nitrogens with zero attached hydrogens (tertiary/aromatic N) is 6. The van der Waals surface area contributed by atoms with Crippen LogP contribution in [0.15, 0.2) is 30.9 Å². The van der Waals surface area contributed by atoms with Crippen molar-refractivity contribution in [3.8, 4) is 11.5 Å². The Hall–Kier alpha value is -2.89. The van der Waals surface area contributed by atoms with Crippen molar-refractivity contribution in [2.75, 3.05) is 24.5 Å². The van der Waals surface area contributed by atoms with Crippen molar-refractivity contribution in [1.82, 2.24) is 24.3 Å². The Morgan fingerprint density at radius 2 is 1.93 bits per heavy atom. The van der Waals surface area contributed by atoms with Gasteiger partial charge in [-0.3, -0.25) is 4.40 Å². The molecule has 0 spiro atoms. The highest BCUT2D eigenvalue weighted by molar-refractivity contribution is 5.58. The molecule has 0 amide bonds. The summed E-state index contributed by atoms with van der Waals surface area (Å²) >= 11 is 0. The molecule has 0 saturated carbocycles. The second-order valence-electron chi connectivity index (χ2n) is 7.29. The Balaban J connectivity index is 1.71. The first-order valence-electron chi connectivity index (χ1n) is 9.17. The molecule has 3 aromatic rings. The van der Waals surface area contributed by atoms with Gasteiger partial charge in [0.1, 0.15) is 11.5 Å². The minimum atomic E-state index is -4.62. The highest BCUT2D eigenvalue weighted by atomic mass is 19.4. The van der Waals surface area contributed by atoms with Crippen molar-refractivity contribution < 1.29 is 22.0 Å². The number of piperidine rings is 1. The number of alkyl halides is 5. The van der Waals surface area contributed by atoms with Gasteiger partial charge in [0, 0.05) is 37.9 Å². The van der Waals surface area contributed by atoms with Crippen LogP contribution >= 0.6 is 0 Å². The number of rotatable bonds is 3. The minimum absolute atomic E-state index is 0.0135. The third-order valence-corrected chi connectivity index (χ3v) is 5.30. The molecule has 12 heteroatoms. The molecule has 1 fully saturated rings. The molecule has 0 radical (unpaired) electrons. The number of hydrogen-bond acceptors (Lipinski definition) is 6. The molecule has 0 aromatic carbocycles. The van der Waals surface area contributed by atoms with E-state index in [0.29, 0.717) is 5.82 Å². The summed E-state index contributed by atoms with van der Waals surface area (Å²) in [6, 6.07) is 1.57. The SMILES string of the molecule is CC1CN(c2ccnc(-c3cnc4cnc(C(F)(F)F)cn34)n2)CC(CN)C1(F)F. The van der Waals surface area contributed by atoms with Crippen LogP contribution in [0.2, 0.25) is 0 Å². The molecule has 3 aromatic heterocycles. The quantitative estimate of drug-likeness (QED) is 0.647. The van der Waals surface area contributed by atoms with Gasteiger partial charge in [-0.05, 0) is 6.07 Å². The number of anilines is 1. The topological polar surface area (TPSA) is 85.2 Å². The number of fused-ring (bicyclic) bond motifs is 1. The van der Waals surface area contributed by atoms with Crippen molar-refractivity contribution in [1.29, 1.82) is 0 Å². The summed E-state index contributed by atoms with van der Waals surface area (Å²) in [5.41, 5.74) is 4.89. The summed E-state index contributed by atoms with van der Waals surface area (Å²) in [6.07, 6.45) is -0.0212. The molecule has 0 bridgehead atoms. The molecular formula is C18H18F5N7. The number of hydrogen-bond donors (Lipinski definition) is 1. The summed E-state index contributed by atoms with van der Waals surface area (Å²) in [7, 11) is 0. The Bertz CT molecular complexity index is 1060. The Morgan fingerprint density at radius 3 is 2.63 bits per heavy atom. The van der Waals surface area contributed by atoms with E-state index in [9.17, 15) is 22.0 Å². The monoisotopic (exact) mass is 427 g/mol. The zero-order valence-electron chi connectivity index (χ0n) is 15.8. The number of aromatic nitrogens is 5. The van der Waals surface area contributed by atoms with Crippen molar-refractivity contribution in [2.45, 2.75) is 19.0 Å². The maximum Gasteiger partial charge on any atom is 0.434 e. The zero-order chi connectivity index (χ0) is 21.7. The summed E-state index contributed by atoms with van der Waals surface area (Å²) in [5, 5.41) is 0. The number of halogens is 5. The molecule has 1 aliphatic rings. The van der Waals surface area contributed by atoms with Crippen molar-refractivity contribution in [3.05, 3.63) is 36.5 Å². The van der Waals surface area contributed by atoms with Gasteiger partial charge in [0.05, 0.1) is 18.3 Å². The van der Waals surface area contributed by atoms with E-state index in [1.807, 2.05) is 0 Å². The fourth-order valence-electron chi connectivity index (χ4n) is 3.59. The van der Waals surface area contributed by atoms with Gasteiger partial charge in [0.15, 0.2) is 17.2 Å². The summed E-state index contributed by atoms with van der Waals surface area (Å²) < 4.78 is 68.9. The van der Waals surface area contributed by atoms with Crippen LogP contribution in [0.3, 0.4) is 0 Å².